The highest BCUT2D eigenvalue weighted by atomic mass is 16.1. The molecule has 0 saturated carbocycles. The van der Waals surface area contributed by atoms with Gasteiger partial charge in [-0.15, -0.1) is 0 Å². The Balaban J connectivity index is 2.44. The van der Waals surface area contributed by atoms with Crippen molar-refractivity contribution < 1.29 is 4.79 Å². The molecule has 1 aromatic rings. The number of aryl methyl sites for hydroxylation is 1. The zero-order valence-corrected chi connectivity index (χ0v) is 11.8. The molecule has 0 fully saturated rings. The third-order valence-corrected chi connectivity index (χ3v) is 3.51. The first-order chi connectivity index (χ1) is 8.54. The van der Waals surface area contributed by atoms with Crippen LogP contribution in [0.4, 0.5) is 0 Å². The maximum atomic E-state index is 11.4. The van der Waals surface area contributed by atoms with Crippen molar-refractivity contribution in [2.24, 2.45) is 0 Å². The van der Waals surface area contributed by atoms with Gasteiger partial charge in [0.2, 0.25) is 0 Å². The number of carbonyl (C=O) groups is 1. The summed E-state index contributed by atoms with van der Waals surface area (Å²) in [5, 5.41) is 0. The Labute approximate surface area is 111 Å². The average Bonchev–Trinajstić information content (AvgIpc) is 2.38. The van der Waals surface area contributed by atoms with Gasteiger partial charge in [-0.25, -0.2) is 0 Å². The van der Waals surface area contributed by atoms with Crippen LogP contribution in [0.15, 0.2) is 36.4 Å². The Morgan fingerprint density at radius 3 is 2.39 bits per heavy atom. The second kappa shape index (κ2) is 7.15. The fourth-order valence-electron chi connectivity index (χ4n) is 1.91. The monoisotopic (exact) mass is 244 g/mol. The first kappa shape index (κ1) is 14.7. The van der Waals surface area contributed by atoms with E-state index in [1.54, 1.807) is 6.92 Å². The van der Waals surface area contributed by atoms with Crippen LogP contribution in [0.2, 0.25) is 0 Å². The van der Waals surface area contributed by atoms with E-state index in [4.69, 9.17) is 0 Å². The van der Waals surface area contributed by atoms with Gasteiger partial charge in [0.15, 0.2) is 5.78 Å². The third kappa shape index (κ3) is 4.48. The summed E-state index contributed by atoms with van der Waals surface area (Å²) in [5.74, 6) is 0.815. The number of Topliss-reactive ketones (excluding diaryl/α,β-unsaturated/α-hetero) is 1. The maximum Gasteiger partial charge on any atom is 0.157 e. The van der Waals surface area contributed by atoms with Crippen molar-refractivity contribution in [1.29, 1.82) is 0 Å². The predicted molar refractivity (Wildman–Crippen MR) is 77.9 cm³/mol. The van der Waals surface area contributed by atoms with Gasteiger partial charge in [-0.2, -0.15) is 0 Å². The number of allylic oxidation sites excluding steroid dienone is 1. The van der Waals surface area contributed by atoms with E-state index in [1.165, 1.54) is 17.5 Å². The number of hydrogen-bond acceptors (Lipinski definition) is 1. The molecule has 1 aromatic carbocycles. The molecule has 1 atom stereocenters. The van der Waals surface area contributed by atoms with Gasteiger partial charge in [-0.3, -0.25) is 4.79 Å². The van der Waals surface area contributed by atoms with E-state index in [-0.39, 0.29) is 5.78 Å². The summed E-state index contributed by atoms with van der Waals surface area (Å²) < 4.78 is 0. The summed E-state index contributed by atoms with van der Waals surface area (Å²) in [5.41, 5.74) is 3.39. The smallest absolute Gasteiger partial charge is 0.157 e. The molecule has 0 radical (unpaired) electrons. The van der Waals surface area contributed by atoms with E-state index in [0.717, 1.165) is 12.8 Å². The van der Waals surface area contributed by atoms with Crippen molar-refractivity contribution in [3.63, 3.8) is 0 Å². The van der Waals surface area contributed by atoms with Crippen LogP contribution in [0, 0.1) is 0 Å². The fraction of sp³-hybridized carbons (Fsp3) is 0.471. The maximum absolute atomic E-state index is 11.4. The van der Waals surface area contributed by atoms with Gasteiger partial charge in [-0.1, -0.05) is 44.7 Å². The van der Waals surface area contributed by atoms with E-state index < -0.39 is 0 Å². The minimum atomic E-state index is 0.186. The molecule has 0 aliphatic rings. The van der Waals surface area contributed by atoms with Crippen LogP contribution in [0.1, 0.15) is 57.1 Å². The van der Waals surface area contributed by atoms with E-state index in [2.05, 4.69) is 44.7 Å². The largest absolute Gasteiger partial charge is 0.295 e. The van der Waals surface area contributed by atoms with Crippen LogP contribution in [0.5, 0.6) is 0 Å². The lowest BCUT2D eigenvalue weighted by molar-refractivity contribution is -0.115. The lowest BCUT2D eigenvalue weighted by Gasteiger charge is -2.09. The zero-order chi connectivity index (χ0) is 13.5. The second-order valence-corrected chi connectivity index (χ2v) is 5.11. The Morgan fingerprint density at radius 2 is 1.89 bits per heavy atom. The molecule has 98 valence electrons. The van der Waals surface area contributed by atoms with Gasteiger partial charge < -0.3 is 0 Å². The summed E-state index contributed by atoms with van der Waals surface area (Å²) in [6, 6.07) is 8.80. The lowest BCUT2D eigenvalue weighted by Crippen LogP contribution is -1.99. The van der Waals surface area contributed by atoms with Crippen LogP contribution in [-0.4, -0.2) is 5.78 Å². The summed E-state index contributed by atoms with van der Waals surface area (Å²) in [4.78, 5) is 11.4. The first-order valence-corrected chi connectivity index (χ1v) is 6.82. The van der Waals surface area contributed by atoms with Crippen molar-refractivity contribution in [2.75, 3.05) is 0 Å². The first-order valence-electron chi connectivity index (χ1n) is 6.82. The number of carbonyl (C=O) groups excluding carboxylic acids is 1. The van der Waals surface area contributed by atoms with Crippen molar-refractivity contribution in [3.8, 4) is 0 Å². The Kier molecular flexibility index (Phi) is 5.84. The Hall–Kier alpha value is -1.37. The summed E-state index contributed by atoms with van der Waals surface area (Å²) in [7, 11) is 0. The highest BCUT2D eigenvalue weighted by Crippen LogP contribution is 2.19. The molecule has 0 aromatic heterocycles. The van der Waals surface area contributed by atoms with Crippen LogP contribution in [0.25, 0.3) is 0 Å². The minimum absolute atomic E-state index is 0.186. The molecular weight excluding hydrogens is 220 g/mol. The van der Waals surface area contributed by atoms with E-state index >= 15 is 0 Å². The van der Waals surface area contributed by atoms with Gasteiger partial charge in [0, 0.05) is 6.42 Å². The van der Waals surface area contributed by atoms with Gasteiger partial charge in [0.1, 0.15) is 0 Å². The molecule has 1 heteroatoms. The van der Waals surface area contributed by atoms with Gasteiger partial charge in [-0.05, 0) is 48.8 Å². The Bertz CT molecular complexity index is 400. The standard InChI is InChI=1S/C17H24O/c1-5-14(4)16-11-9-15(10-12-16)7-6-8-17(18)13(2)3/h9-12,14H,2,5-8H2,1,3-4H3. The predicted octanol–water partition coefficient (Wildman–Crippen LogP) is 4.67. The number of hydrogen-bond donors (Lipinski definition) is 0. The minimum Gasteiger partial charge on any atom is -0.295 e. The molecule has 0 N–H and O–H groups in total. The molecule has 0 spiro atoms. The number of benzene rings is 1. The second-order valence-electron chi connectivity index (χ2n) is 5.11. The van der Waals surface area contributed by atoms with Gasteiger partial charge in [0.25, 0.3) is 0 Å². The van der Waals surface area contributed by atoms with Crippen molar-refractivity contribution >= 4 is 5.78 Å². The van der Waals surface area contributed by atoms with Crippen LogP contribution in [-0.2, 0) is 11.2 Å². The lowest BCUT2D eigenvalue weighted by atomic mass is 9.96. The zero-order valence-electron chi connectivity index (χ0n) is 11.8. The van der Waals surface area contributed by atoms with Crippen LogP contribution >= 0.6 is 0 Å². The molecule has 0 heterocycles. The molecule has 1 rings (SSSR count). The molecule has 18 heavy (non-hydrogen) atoms. The molecule has 0 bridgehead atoms. The molecule has 0 aliphatic carbocycles. The molecular formula is C17H24O. The summed E-state index contributed by atoms with van der Waals surface area (Å²) in [6.45, 7) is 9.91. The highest BCUT2D eigenvalue weighted by Gasteiger charge is 2.04. The molecule has 0 amide bonds. The third-order valence-electron chi connectivity index (χ3n) is 3.51. The van der Waals surface area contributed by atoms with Crippen molar-refractivity contribution in [1.82, 2.24) is 0 Å². The van der Waals surface area contributed by atoms with Crippen LogP contribution < -0.4 is 0 Å². The quantitative estimate of drug-likeness (QED) is 0.637. The van der Waals surface area contributed by atoms with E-state index in [0.29, 0.717) is 17.9 Å². The molecule has 1 unspecified atom stereocenters. The molecule has 1 nitrogen and oxygen atoms in total. The topological polar surface area (TPSA) is 17.1 Å². The number of ketones is 1. The summed E-state index contributed by atoms with van der Waals surface area (Å²) >= 11 is 0. The highest BCUT2D eigenvalue weighted by molar-refractivity contribution is 5.94. The molecule has 0 aliphatic heterocycles. The summed E-state index contributed by atoms with van der Waals surface area (Å²) in [6.07, 6.45) is 3.67. The van der Waals surface area contributed by atoms with E-state index in [9.17, 15) is 4.79 Å². The van der Waals surface area contributed by atoms with Crippen molar-refractivity contribution in [2.45, 2.75) is 52.4 Å². The number of rotatable bonds is 7. The normalized spacial score (nSPS) is 12.2. The fourth-order valence-corrected chi connectivity index (χ4v) is 1.91. The van der Waals surface area contributed by atoms with E-state index in [1.807, 2.05) is 0 Å². The van der Waals surface area contributed by atoms with Crippen molar-refractivity contribution in [3.05, 3.63) is 47.5 Å². The molecule has 0 saturated heterocycles. The average molecular weight is 244 g/mol. The van der Waals surface area contributed by atoms with Gasteiger partial charge in [0.05, 0.1) is 0 Å². The van der Waals surface area contributed by atoms with Gasteiger partial charge >= 0.3 is 0 Å². The van der Waals surface area contributed by atoms with Crippen LogP contribution in [0.3, 0.4) is 0 Å². The SMILES string of the molecule is C=C(C)C(=O)CCCc1ccc(C(C)CC)cc1. The Morgan fingerprint density at radius 1 is 1.28 bits per heavy atom.